The summed E-state index contributed by atoms with van der Waals surface area (Å²) in [5.41, 5.74) is 0.988. The van der Waals surface area contributed by atoms with Gasteiger partial charge in [0, 0.05) is 0 Å². The highest BCUT2D eigenvalue weighted by Gasteiger charge is 1.92. The van der Waals surface area contributed by atoms with E-state index in [2.05, 4.69) is 6.58 Å². The van der Waals surface area contributed by atoms with E-state index < -0.39 is 0 Å². The summed E-state index contributed by atoms with van der Waals surface area (Å²) < 4.78 is 0. The Morgan fingerprint density at radius 3 is 2.44 bits per heavy atom. The predicted molar refractivity (Wildman–Crippen MR) is 39.2 cm³/mol. The van der Waals surface area contributed by atoms with Crippen LogP contribution in [0.2, 0.25) is 0 Å². The van der Waals surface area contributed by atoms with Gasteiger partial charge >= 0.3 is 0 Å². The summed E-state index contributed by atoms with van der Waals surface area (Å²) in [6.07, 6.45) is 3.95. The lowest BCUT2D eigenvalue weighted by molar-refractivity contribution is -0.104. The Hall–Kier alpha value is -0.850. The Kier molecular flexibility index (Phi) is 3.69. The zero-order chi connectivity index (χ0) is 7.28. The molecular weight excluding hydrogens is 112 g/mol. The maximum atomic E-state index is 9.80. The van der Waals surface area contributed by atoms with Crippen molar-refractivity contribution in [1.29, 1.82) is 0 Å². The van der Waals surface area contributed by atoms with Crippen molar-refractivity contribution in [3.8, 4) is 0 Å². The molecule has 0 radical (unpaired) electrons. The third-order valence-corrected chi connectivity index (χ3v) is 1.13. The number of hydrogen-bond acceptors (Lipinski definition) is 1. The van der Waals surface area contributed by atoms with E-state index in [0.29, 0.717) is 5.92 Å². The Morgan fingerprint density at radius 1 is 1.56 bits per heavy atom. The largest absolute Gasteiger partial charge is 0.299 e. The lowest BCUT2D eigenvalue weighted by atomic mass is 10.1. The first-order chi connectivity index (χ1) is 4.18. The van der Waals surface area contributed by atoms with Crippen molar-refractivity contribution in [3.05, 3.63) is 24.3 Å². The molecule has 0 unspecified atom stereocenters. The molecular formula is C8H12O. The summed E-state index contributed by atoms with van der Waals surface area (Å²) in [6, 6.07) is 0. The van der Waals surface area contributed by atoms with E-state index in [9.17, 15) is 4.79 Å². The van der Waals surface area contributed by atoms with Crippen LogP contribution < -0.4 is 0 Å². The molecule has 0 spiro atoms. The second-order valence-corrected chi connectivity index (χ2v) is 2.22. The molecule has 50 valence electrons. The second-order valence-electron chi connectivity index (χ2n) is 2.22. The zero-order valence-corrected chi connectivity index (χ0v) is 5.92. The fourth-order valence-electron chi connectivity index (χ4n) is 0.355. The van der Waals surface area contributed by atoms with Gasteiger partial charge in [0.1, 0.15) is 6.29 Å². The smallest absolute Gasteiger partial charge is 0.142 e. The molecule has 1 heteroatoms. The lowest BCUT2D eigenvalue weighted by Gasteiger charge is -2.00. The van der Waals surface area contributed by atoms with Crippen LogP contribution in [0, 0.1) is 5.92 Å². The Labute approximate surface area is 56.1 Å². The minimum atomic E-state index is 0.432. The van der Waals surface area contributed by atoms with Crippen LogP contribution in [0.15, 0.2) is 24.3 Å². The highest BCUT2D eigenvalue weighted by atomic mass is 16.1. The summed E-state index contributed by atoms with van der Waals surface area (Å²) >= 11 is 0. The Balaban J connectivity index is 3.76. The summed E-state index contributed by atoms with van der Waals surface area (Å²) in [5, 5.41) is 0. The molecule has 0 saturated carbocycles. The van der Waals surface area contributed by atoms with Crippen LogP contribution in [0.3, 0.4) is 0 Å². The molecule has 0 aromatic carbocycles. The van der Waals surface area contributed by atoms with Crippen molar-refractivity contribution >= 4 is 6.29 Å². The molecule has 0 aliphatic heterocycles. The van der Waals surface area contributed by atoms with E-state index >= 15 is 0 Å². The van der Waals surface area contributed by atoms with Crippen LogP contribution in [-0.2, 0) is 4.79 Å². The summed E-state index contributed by atoms with van der Waals surface area (Å²) in [4.78, 5) is 9.80. The number of carbonyl (C=O) groups excluding carboxylic acids is 1. The normalized spacial score (nSPS) is 10.6. The number of aldehydes is 1. The average Bonchev–Trinajstić information content (AvgIpc) is 1.82. The molecule has 0 saturated heterocycles. The topological polar surface area (TPSA) is 17.1 Å². The molecule has 9 heavy (non-hydrogen) atoms. The summed E-state index contributed by atoms with van der Waals surface area (Å²) in [7, 11) is 0. The zero-order valence-electron chi connectivity index (χ0n) is 5.92. The summed E-state index contributed by atoms with van der Waals surface area (Å²) in [5.74, 6) is 0.432. The number of carbonyl (C=O) groups is 1. The first kappa shape index (κ1) is 8.15. The molecule has 0 bridgehead atoms. The first-order valence-corrected chi connectivity index (χ1v) is 2.99. The van der Waals surface area contributed by atoms with E-state index in [1.165, 1.54) is 6.08 Å². The fraction of sp³-hybridized carbons (Fsp3) is 0.375. The van der Waals surface area contributed by atoms with Gasteiger partial charge in [-0.3, -0.25) is 4.79 Å². The molecule has 0 N–H and O–H groups in total. The van der Waals surface area contributed by atoms with Crippen molar-refractivity contribution in [2.24, 2.45) is 5.92 Å². The van der Waals surface area contributed by atoms with Gasteiger partial charge < -0.3 is 0 Å². The molecule has 0 fully saturated rings. The Bertz CT molecular complexity index is 132. The molecule has 0 aromatic rings. The SMILES string of the molecule is C=C(C=CC=O)C(C)C. The molecule has 0 rings (SSSR count). The molecule has 0 aromatic heterocycles. The Morgan fingerprint density at radius 2 is 2.11 bits per heavy atom. The van der Waals surface area contributed by atoms with Crippen LogP contribution in [0.25, 0.3) is 0 Å². The van der Waals surface area contributed by atoms with Gasteiger partial charge in [0.05, 0.1) is 0 Å². The highest BCUT2D eigenvalue weighted by molar-refractivity contribution is 5.65. The first-order valence-electron chi connectivity index (χ1n) is 2.99. The van der Waals surface area contributed by atoms with Crippen LogP contribution in [0.4, 0.5) is 0 Å². The van der Waals surface area contributed by atoms with Gasteiger partial charge in [-0.2, -0.15) is 0 Å². The number of rotatable bonds is 3. The van der Waals surface area contributed by atoms with Gasteiger partial charge in [-0.25, -0.2) is 0 Å². The standard InChI is InChI=1S/C8H12O/c1-7(2)8(3)5-4-6-9/h4-7H,3H2,1-2H3. The van der Waals surface area contributed by atoms with Gasteiger partial charge in [-0.15, -0.1) is 0 Å². The average molecular weight is 124 g/mol. The quantitative estimate of drug-likeness (QED) is 0.319. The van der Waals surface area contributed by atoms with Crippen LogP contribution in [0.5, 0.6) is 0 Å². The van der Waals surface area contributed by atoms with Crippen molar-refractivity contribution in [2.75, 3.05) is 0 Å². The van der Waals surface area contributed by atoms with Crippen molar-refractivity contribution in [3.63, 3.8) is 0 Å². The highest BCUT2D eigenvalue weighted by Crippen LogP contribution is 2.06. The summed E-state index contributed by atoms with van der Waals surface area (Å²) in [6.45, 7) is 7.82. The van der Waals surface area contributed by atoms with Crippen LogP contribution >= 0.6 is 0 Å². The fourth-order valence-corrected chi connectivity index (χ4v) is 0.355. The molecule has 0 atom stereocenters. The van der Waals surface area contributed by atoms with E-state index in [-0.39, 0.29) is 0 Å². The second kappa shape index (κ2) is 4.07. The number of allylic oxidation sites excluding steroid dienone is 3. The van der Waals surface area contributed by atoms with Gasteiger partial charge in [0.25, 0.3) is 0 Å². The molecule has 0 amide bonds. The molecule has 1 nitrogen and oxygen atoms in total. The van der Waals surface area contributed by atoms with Crippen molar-refractivity contribution in [2.45, 2.75) is 13.8 Å². The molecule has 0 aliphatic carbocycles. The molecule has 0 heterocycles. The van der Waals surface area contributed by atoms with E-state index in [1.807, 2.05) is 13.8 Å². The predicted octanol–water partition coefficient (Wildman–Crippen LogP) is 1.95. The lowest BCUT2D eigenvalue weighted by Crippen LogP contribution is -1.86. The number of hydrogen-bond donors (Lipinski definition) is 0. The molecule has 0 aliphatic rings. The van der Waals surface area contributed by atoms with Gasteiger partial charge in [-0.05, 0) is 12.0 Å². The van der Waals surface area contributed by atoms with Crippen LogP contribution in [-0.4, -0.2) is 6.29 Å². The van der Waals surface area contributed by atoms with Gasteiger partial charge in [0.15, 0.2) is 0 Å². The maximum absolute atomic E-state index is 9.80. The monoisotopic (exact) mass is 124 g/mol. The van der Waals surface area contributed by atoms with Crippen molar-refractivity contribution in [1.82, 2.24) is 0 Å². The third kappa shape index (κ3) is 3.71. The van der Waals surface area contributed by atoms with E-state index in [4.69, 9.17) is 0 Å². The van der Waals surface area contributed by atoms with Crippen LogP contribution in [0.1, 0.15) is 13.8 Å². The minimum absolute atomic E-state index is 0.432. The minimum Gasteiger partial charge on any atom is -0.299 e. The van der Waals surface area contributed by atoms with Gasteiger partial charge in [0.2, 0.25) is 0 Å². The van der Waals surface area contributed by atoms with E-state index in [1.54, 1.807) is 6.08 Å². The van der Waals surface area contributed by atoms with Crippen molar-refractivity contribution < 1.29 is 4.79 Å². The third-order valence-electron chi connectivity index (χ3n) is 1.13. The van der Waals surface area contributed by atoms with E-state index in [0.717, 1.165) is 11.9 Å². The van der Waals surface area contributed by atoms with Gasteiger partial charge in [-0.1, -0.05) is 32.1 Å². The maximum Gasteiger partial charge on any atom is 0.142 e.